The summed E-state index contributed by atoms with van der Waals surface area (Å²) >= 11 is 1.01. The molecule has 0 N–H and O–H groups in total. The van der Waals surface area contributed by atoms with Gasteiger partial charge in [-0.2, -0.15) is 13.2 Å². The van der Waals surface area contributed by atoms with Crippen molar-refractivity contribution in [3.63, 3.8) is 0 Å². The fraction of sp³-hybridized carbons (Fsp3) is 0.480. The summed E-state index contributed by atoms with van der Waals surface area (Å²) < 4.78 is 52.9. The number of morpholine rings is 1. The second-order valence-corrected chi connectivity index (χ2v) is 9.70. The topological polar surface area (TPSA) is 71.4 Å². The highest BCUT2D eigenvalue weighted by molar-refractivity contribution is 8.16. The number of nitrogens with zero attached hydrogens (tertiary/aromatic N) is 3. The van der Waals surface area contributed by atoms with E-state index >= 15 is 0 Å². The van der Waals surface area contributed by atoms with E-state index in [1.165, 1.54) is 6.92 Å². The number of fused-ring (bicyclic) bond motifs is 1. The number of amides is 1. The van der Waals surface area contributed by atoms with E-state index in [2.05, 4.69) is 4.99 Å². The molecule has 0 spiro atoms. The highest BCUT2D eigenvalue weighted by atomic mass is 32.2. The molecule has 0 aliphatic carbocycles. The van der Waals surface area contributed by atoms with Gasteiger partial charge in [-0.15, -0.1) is 0 Å². The number of hydrogen-bond donors (Lipinski definition) is 0. The van der Waals surface area contributed by atoms with Crippen LogP contribution in [0.1, 0.15) is 50.3 Å². The lowest BCUT2D eigenvalue weighted by Crippen LogP contribution is -2.43. The highest BCUT2D eigenvalue weighted by Gasteiger charge is 2.49. The largest absolute Gasteiger partial charge is 0.463 e. The van der Waals surface area contributed by atoms with Crippen LogP contribution in [0.5, 0.6) is 0 Å². The molecule has 4 rings (SSSR count). The number of alkyl halides is 3. The standard InChI is InChI=1S/C25H28F3N3O4S/c1-4-35-23(33)20-21(17-7-5-16(6-8-17)15(2)3)31-18(13-19(32)30-9-11-34-12-10-30)14-36-24(31)29-22(20)25(26,27)28/h5-8,14-15,21H,4,9-13H2,1-3H3/t21-/m1/s1. The Labute approximate surface area is 212 Å². The van der Waals surface area contributed by atoms with Gasteiger partial charge in [0.2, 0.25) is 5.91 Å². The van der Waals surface area contributed by atoms with Crippen molar-refractivity contribution in [2.24, 2.45) is 4.99 Å². The zero-order chi connectivity index (χ0) is 26.0. The third kappa shape index (κ3) is 5.31. The molecule has 0 saturated carbocycles. The Balaban J connectivity index is 1.78. The third-order valence-corrected chi connectivity index (χ3v) is 7.08. The lowest BCUT2D eigenvalue weighted by molar-refractivity contribution is -0.140. The molecule has 0 bridgehead atoms. The van der Waals surface area contributed by atoms with E-state index in [1.807, 2.05) is 26.0 Å². The summed E-state index contributed by atoms with van der Waals surface area (Å²) in [5, 5.41) is 1.70. The van der Waals surface area contributed by atoms with E-state index in [1.54, 1.807) is 27.3 Å². The summed E-state index contributed by atoms with van der Waals surface area (Å²) in [7, 11) is 0. The van der Waals surface area contributed by atoms with Crippen molar-refractivity contribution in [2.75, 3.05) is 32.9 Å². The Kier molecular flexibility index (Phi) is 7.79. The molecule has 3 heterocycles. The van der Waals surface area contributed by atoms with Crippen LogP contribution < -0.4 is 0 Å². The fourth-order valence-electron chi connectivity index (χ4n) is 4.35. The first-order valence-corrected chi connectivity index (χ1v) is 12.7. The summed E-state index contributed by atoms with van der Waals surface area (Å²) in [5.41, 5.74) is 0.111. The quantitative estimate of drug-likeness (QED) is 0.502. The van der Waals surface area contributed by atoms with Gasteiger partial charge < -0.3 is 19.3 Å². The molecular formula is C25H28F3N3O4S. The molecule has 3 aliphatic rings. The Morgan fingerprint density at radius 3 is 2.44 bits per heavy atom. The van der Waals surface area contributed by atoms with Gasteiger partial charge in [0, 0.05) is 18.8 Å². The number of allylic oxidation sites excluding steroid dienone is 1. The maximum atomic E-state index is 14.2. The number of carbonyl (C=O) groups is 2. The monoisotopic (exact) mass is 523 g/mol. The van der Waals surface area contributed by atoms with Gasteiger partial charge in [0.05, 0.1) is 37.9 Å². The van der Waals surface area contributed by atoms with Crippen LogP contribution in [-0.2, 0) is 19.1 Å². The molecule has 0 radical (unpaired) electrons. The molecule has 7 nitrogen and oxygen atoms in total. The molecule has 1 aromatic rings. The van der Waals surface area contributed by atoms with E-state index in [4.69, 9.17) is 9.47 Å². The summed E-state index contributed by atoms with van der Waals surface area (Å²) in [4.78, 5) is 33.1. The number of hydrogen-bond acceptors (Lipinski definition) is 7. The number of amidine groups is 1. The molecule has 1 atom stereocenters. The molecule has 194 valence electrons. The summed E-state index contributed by atoms with van der Waals surface area (Å²) in [6, 6.07) is 5.98. The van der Waals surface area contributed by atoms with Gasteiger partial charge >= 0.3 is 12.1 Å². The normalized spacial score (nSPS) is 20.4. The fourth-order valence-corrected chi connectivity index (χ4v) is 5.27. The lowest BCUT2D eigenvalue weighted by atomic mass is 9.91. The number of benzene rings is 1. The van der Waals surface area contributed by atoms with Crippen LogP contribution in [0, 0.1) is 0 Å². The minimum absolute atomic E-state index is 0.0376. The summed E-state index contributed by atoms with van der Waals surface area (Å²) in [5.74, 6) is -1.03. The first kappa shape index (κ1) is 26.3. The van der Waals surface area contributed by atoms with Gasteiger partial charge in [-0.05, 0) is 29.4 Å². The molecular weight excluding hydrogens is 495 g/mol. The Hall–Kier alpha value is -2.79. The van der Waals surface area contributed by atoms with E-state index in [0.717, 1.165) is 17.3 Å². The number of ether oxygens (including phenoxy) is 2. The average Bonchev–Trinajstić information content (AvgIpc) is 3.25. The number of halogens is 3. The van der Waals surface area contributed by atoms with Crippen molar-refractivity contribution in [3.05, 3.63) is 57.8 Å². The van der Waals surface area contributed by atoms with Crippen LogP contribution in [0.15, 0.2) is 51.6 Å². The van der Waals surface area contributed by atoms with Crippen molar-refractivity contribution >= 4 is 28.8 Å². The van der Waals surface area contributed by atoms with Crippen LogP contribution in [-0.4, -0.2) is 65.9 Å². The molecule has 1 aromatic carbocycles. The molecule has 1 fully saturated rings. The zero-order valence-electron chi connectivity index (χ0n) is 20.3. The molecule has 3 aliphatic heterocycles. The van der Waals surface area contributed by atoms with Crippen LogP contribution in [0.2, 0.25) is 0 Å². The van der Waals surface area contributed by atoms with Gasteiger partial charge in [-0.1, -0.05) is 49.9 Å². The minimum Gasteiger partial charge on any atom is -0.463 e. The number of rotatable bonds is 6. The van der Waals surface area contributed by atoms with E-state index < -0.39 is 29.5 Å². The number of thioether (sulfide) groups is 1. The minimum atomic E-state index is -4.87. The molecule has 1 amide bonds. The van der Waals surface area contributed by atoms with Gasteiger partial charge in [0.15, 0.2) is 10.9 Å². The first-order valence-electron chi connectivity index (χ1n) is 11.8. The molecule has 0 unspecified atom stereocenters. The number of aliphatic imine (C=N–C) groups is 1. The average molecular weight is 524 g/mol. The second-order valence-electron chi connectivity index (χ2n) is 8.87. The number of esters is 1. The molecule has 0 aromatic heterocycles. The van der Waals surface area contributed by atoms with Crippen LogP contribution in [0.4, 0.5) is 13.2 Å². The SMILES string of the molecule is CCOC(=O)C1=C(C(F)(F)F)N=C2SC=C(CC(=O)N3CCOCC3)N2[C@@H]1c1ccc(C(C)C)cc1. The highest BCUT2D eigenvalue weighted by Crippen LogP contribution is 2.48. The van der Waals surface area contributed by atoms with Gasteiger partial charge in [0.25, 0.3) is 0 Å². The van der Waals surface area contributed by atoms with Crippen molar-refractivity contribution in [1.29, 1.82) is 0 Å². The number of carbonyl (C=O) groups excluding carboxylic acids is 2. The maximum absolute atomic E-state index is 14.2. The Bertz CT molecular complexity index is 1110. The molecule has 36 heavy (non-hydrogen) atoms. The third-order valence-electron chi connectivity index (χ3n) is 6.19. The van der Waals surface area contributed by atoms with Crippen molar-refractivity contribution < 1.29 is 32.2 Å². The van der Waals surface area contributed by atoms with Crippen molar-refractivity contribution in [2.45, 2.75) is 45.3 Å². The Morgan fingerprint density at radius 2 is 1.86 bits per heavy atom. The second kappa shape index (κ2) is 10.7. The van der Waals surface area contributed by atoms with Gasteiger partial charge in [-0.3, -0.25) is 4.79 Å². The summed E-state index contributed by atoms with van der Waals surface area (Å²) in [6.45, 7) is 7.25. The first-order chi connectivity index (χ1) is 17.1. The lowest BCUT2D eigenvalue weighted by Gasteiger charge is -2.37. The van der Waals surface area contributed by atoms with Crippen molar-refractivity contribution in [1.82, 2.24) is 9.80 Å². The van der Waals surface area contributed by atoms with Crippen LogP contribution >= 0.6 is 11.8 Å². The van der Waals surface area contributed by atoms with E-state index in [-0.39, 0.29) is 30.0 Å². The van der Waals surface area contributed by atoms with E-state index in [9.17, 15) is 22.8 Å². The maximum Gasteiger partial charge on any atom is 0.434 e. The molecule has 1 saturated heterocycles. The zero-order valence-corrected chi connectivity index (χ0v) is 21.1. The predicted molar refractivity (Wildman–Crippen MR) is 130 cm³/mol. The predicted octanol–water partition coefficient (Wildman–Crippen LogP) is 4.74. The van der Waals surface area contributed by atoms with Crippen LogP contribution in [0.25, 0.3) is 0 Å². The van der Waals surface area contributed by atoms with Gasteiger partial charge in [0.1, 0.15) is 0 Å². The van der Waals surface area contributed by atoms with Gasteiger partial charge in [-0.25, -0.2) is 9.79 Å². The van der Waals surface area contributed by atoms with Crippen LogP contribution in [0.3, 0.4) is 0 Å². The molecule has 11 heteroatoms. The summed E-state index contributed by atoms with van der Waals surface area (Å²) in [6.07, 6.45) is -4.91. The smallest absolute Gasteiger partial charge is 0.434 e. The Morgan fingerprint density at radius 1 is 1.19 bits per heavy atom. The van der Waals surface area contributed by atoms with E-state index in [0.29, 0.717) is 37.6 Å². The van der Waals surface area contributed by atoms with Crippen molar-refractivity contribution in [3.8, 4) is 0 Å².